The van der Waals surface area contributed by atoms with Gasteiger partial charge in [-0.3, -0.25) is 9.78 Å². The van der Waals surface area contributed by atoms with E-state index in [0.717, 1.165) is 23.8 Å². The predicted molar refractivity (Wildman–Crippen MR) is 100 cm³/mol. The summed E-state index contributed by atoms with van der Waals surface area (Å²) < 4.78 is 11.0. The Balaban J connectivity index is 1.66. The van der Waals surface area contributed by atoms with Crippen molar-refractivity contribution in [3.8, 4) is 0 Å². The van der Waals surface area contributed by atoms with Crippen molar-refractivity contribution >= 4 is 16.9 Å². The molecule has 138 valence electrons. The van der Waals surface area contributed by atoms with E-state index in [0.29, 0.717) is 25.3 Å². The zero-order valence-electron chi connectivity index (χ0n) is 14.8. The lowest BCUT2D eigenvalue weighted by Gasteiger charge is -2.25. The van der Waals surface area contributed by atoms with Crippen LogP contribution in [0, 0.1) is 0 Å². The number of amides is 1. The fraction of sp³-hybridized carbons (Fsp3) is 0.286. The Morgan fingerprint density at radius 1 is 1.22 bits per heavy atom. The standard InChI is InChI=1S/C21H20N2O4/c24-20(18-11-16-6-1-2-8-19(16)27-21(18)25)23(14-17-7-4-10-26-17)13-15-5-3-9-22-12-15/h1-3,5-6,8-9,11-12,17H,4,7,10,13-14H2/t17-/m1/s1. The molecule has 3 heterocycles. The molecule has 6 heteroatoms. The summed E-state index contributed by atoms with van der Waals surface area (Å²) in [5.41, 5.74) is 0.781. The van der Waals surface area contributed by atoms with E-state index in [1.54, 1.807) is 35.5 Å². The Bertz CT molecular complexity index is 994. The molecule has 1 aromatic carbocycles. The number of hydrogen-bond donors (Lipinski definition) is 0. The first-order valence-corrected chi connectivity index (χ1v) is 9.03. The molecule has 1 saturated heterocycles. The molecule has 4 rings (SSSR count). The summed E-state index contributed by atoms with van der Waals surface area (Å²) in [6, 6.07) is 12.5. The van der Waals surface area contributed by atoms with Gasteiger partial charge in [-0.2, -0.15) is 0 Å². The zero-order chi connectivity index (χ0) is 18.6. The van der Waals surface area contributed by atoms with Crippen LogP contribution in [0.2, 0.25) is 0 Å². The molecule has 1 fully saturated rings. The van der Waals surface area contributed by atoms with Crippen LogP contribution >= 0.6 is 0 Å². The number of carbonyl (C=O) groups is 1. The summed E-state index contributed by atoms with van der Waals surface area (Å²) >= 11 is 0. The average molecular weight is 364 g/mol. The minimum Gasteiger partial charge on any atom is -0.422 e. The molecule has 0 unspecified atom stereocenters. The van der Waals surface area contributed by atoms with Gasteiger partial charge < -0.3 is 14.1 Å². The predicted octanol–water partition coefficient (Wildman–Crippen LogP) is 3.01. The van der Waals surface area contributed by atoms with E-state index >= 15 is 0 Å². The van der Waals surface area contributed by atoms with E-state index in [1.807, 2.05) is 24.3 Å². The van der Waals surface area contributed by atoms with Gasteiger partial charge in [0.05, 0.1) is 6.10 Å². The van der Waals surface area contributed by atoms with Crippen molar-refractivity contribution in [2.24, 2.45) is 0 Å². The quantitative estimate of drug-likeness (QED) is 0.651. The van der Waals surface area contributed by atoms with Crippen LogP contribution in [-0.4, -0.2) is 35.0 Å². The highest BCUT2D eigenvalue weighted by Crippen LogP contribution is 2.18. The summed E-state index contributed by atoms with van der Waals surface area (Å²) in [5.74, 6) is -0.353. The van der Waals surface area contributed by atoms with E-state index < -0.39 is 5.63 Å². The number of nitrogens with zero attached hydrogens (tertiary/aromatic N) is 2. The van der Waals surface area contributed by atoms with Gasteiger partial charge in [0.15, 0.2) is 0 Å². The van der Waals surface area contributed by atoms with Crippen LogP contribution in [0.1, 0.15) is 28.8 Å². The van der Waals surface area contributed by atoms with Crippen LogP contribution in [0.3, 0.4) is 0 Å². The van der Waals surface area contributed by atoms with E-state index in [2.05, 4.69) is 4.98 Å². The SMILES string of the molecule is O=C(c1cc2ccccc2oc1=O)N(Cc1cccnc1)C[C@H]1CCCO1. The maximum atomic E-state index is 13.2. The first kappa shape index (κ1) is 17.4. The third-order valence-electron chi connectivity index (χ3n) is 4.70. The Kier molecular flexibility index (Phi) is 4.98. The minimum absolute atomic E-state index is 0.0156. The summed E-state index contributed by atoms with van der Waals surface area (Å²) in [6.07, 6.45) is 5.28. The van der Waals surface area contributed by atoms with Crippen LogP contribution < -0.4 is 5.63 Å². The second-order valence-corrected chi connectivity index (χ2v) is 6.67. The van der Waals surface area contributed by atoms with Crippen molar-refractivity contribution in [2.45, 2.75) is 25.5 Å². The fourth-order valence-corrected chi connectivity index (χ4v) is 3.35. The lowest BCUT2D eigenvalue weighted by atomic mass is 10.1. The highest BCUT2D eigenvalue weighted by molar-refractivity contribution is 5.96. The van der Waals surface area contributed by atoms with Crippen molar-refractivity contribution in [1.29, 1.82) is 0 Å². The topological polar surface area (TPSA) is 72.6 Å². The lowest BCUT2D eigenvalue weighted by Crippen LogP contribution is -2.38. The van der Waals surface area contributed by atoms with Crippen molar-refractivity contribution in [2.75, 3.05) is 13.2 Å². The normalized spacial score (nSPS) is 16.5. The molecular formula is C21H20N2O4. The summed E-state index contributed by atoms with van der Waals surface area (Å²) in [7, 11) is 0. The largest absolute Gasteiger partial charge is 0.422 e. The summed E-state index contributed by atoms with van der Waals surface area (Å²) in [4.78, 5) is 31.4. The van der Waals surface area contributed by atoms with E-state index in [9.17, 15) is 9.59 Å². The number of pyridine rings is 1. The third-order valence-corrected chi connectivity index (χ3v) is 4.70. The van der Waals surface area contributed by atoms with Crippen molar-refractivity contribution < 1.29 is 13.9 Å². The van der Waals surface area contributed by atoms with Gasteiger partial charge in [-0.15, -0.1) is 0 Å². The number of ether oxygens (including phenoxy) is 1. The Labute approximate surface area is 156 Å². The summed E-state index contributed by atoms with van der Waals surface area (Å²) in [5, 5.41) is 0.721. The molecule has 2 aromatic heterocycles. The molecule has 3 aromatic rings. The second kappa shape index (κ2) is 7.72. The average Bonchev–Trinajstić information content (AvgIpc) is 3.20. The molecule has 0 saturated carbocycles. The van der Waals surface area contributed by atoms with Crippen LogP contribution in [0.25, 0.3) is 11.0 Å². The highest BCUT2D eigenvalue weighted by Gasteiger charge is 2.26. The molecule has 6 nitrogen and oxygen atoms in total. The fourth-order valence-electron chi connectivity index (χ4n) is 3.35. The van der Waals surface area contributed by atoms with Gasteiger partial charge >= 0.3 is 5.63 Å². The Hall–Kier alpha value is -2.99. The maximum Gasteiger partial charge on any atom is 0.349 e. The van der Waals surface area contributed by atoms with Gasteiger partial charge in [0.25, 0.3) is 5.91 Å². The van der Waals surface area contributed by atoms with Crippen molar-refractivity contribution in [1.82, 2.24) is 9.88 Å². The highest BCUT2D eigenvalue weighted by atomic mass is 16.5. The van der Waals surface area contributed by atoms with Gasteiger partial charge in [-0.1, -0.05) is 24.3 Å². The van der Waals surface area contributed by atoms with Crippen LogP contribution in [0.15, 0.2) is 64.1 Å². The van der Waals surface area contributed by atoms with Gasteiger partial charge in [-0.25, -0.2) is 4.79 Å². The Morgan fingerprint density at radius 2 is 2.11 bits per heavy atom. The number of aromatic nitrogens is 1. The summed E-state index contributed by atoms with van der Waals surface area (Å²) in [6.45, 7) is 1.50. The van der Waals surface area contributed by atoms with Crippen LogP contribution in [0.4, 0.5) is 0 Å². The number of hydrogen-bond acceptors (Lipinski definition) is 5. The maximum absolute atomic E-state index is 13.2. The second-order valence-electron chi connectivity index (χ2n) is 6.67. The molecular weight excluding hydrogens is 344 g/mol. The zero-order valence-corrected chi connectivity index (χ0v) is 14.8. The lowest BCUT2D eigenvalue weighted by molar-refractivity contribution is 0.0504. The number of benzene rings is 1. The first-order chi connectivity index (χ1) is 13.2. The van der Waals surface area contributed by atoms with Gasteiger partial charge in [0, 0.05) is 37.5 Å². The monoisotopic (exact) mass is 364 g/mol. The molecule has 27 heavy (non-hydrogen) atoms. The molecule has 1 amide bonds. The molecule has 1 atom stereocenters. The number of carbonyl (C=O) groups excluding carboxylic acids is 1. The van der Waals surface area contributed by atoms with Crippen molar-refractivity contribution in [3.05, 3.63) is 76.4 Å². The van der Waals surface area contributed by atoms with E-state index in [-0.39, 0.29) is 17.6 Å². The number of fused-ring (bicyclic) bond motifs is 1. The third kappa shape index (κ3) is 3.90. The molecule has 0 spiro atoms. The van der Waals surface area contributed by atoms with Crippen LogP contribution in [0.5, 0.6) is 0 Å². The van der Waals surface area contributed by atoms with Crippen LogP contribution in [-0.2, 0) is 11.3 Å². The minimum atomic E-state index is -0.623. The molecule has 1 aliphatic rings. The molecule has 0 aliphatic carbocycles. The molecule has 1 aliphatic heterocycles. The van der Waals surface area contributed by atoms with Gasteiger partial charge in [0.1, 0.15) is 11.1 Å². The first-order valence-electron chi connectivity index (χ1n) is 9.03. The Morgan fingerprint density at radius 3 is 2.89 bits per heavy atom. The van der Waals surface area contributed by atoms with Gasteiger partial charge in [-0.05, 0) is 36.6 Å². The molecule has 0 N–H and O–H groups in total. The smallest absolute Gasteiger partial charge is 0.349 e. The van der Waals surface area contributed by atoms with E-state index in [1.165, 1.54) is 0 Å². The van der Waals surface area contributed by atoms with E-state index in [4.69, 9.17) is 9.15 Å². The van der Waals surface area contributed by atoms with Crippen molar-refractivity contribution in [3.63, 3.8) is 0 Å². The number of rotatable bonds is 5. The van der Waals surface area contributed by atoms with Gasteiger partial charge in [0.2, 0.25) is 0 Å². The molecule has 0 bridgehead atoms. The molecule has 0 radical (unpaired) electrons. The number of para-hydroxylation sites is 1.